The van der Waals surface area contributed by atoms with Crippen LogP contribution in [0.15, 0.2) is 18.7 Å². The molecule has 0 saturated heterocycles. The van der Waals surface area contributed by atoms with Crippen molar-refractivity contribution in [1.29, 1.82) is 0 Å². The van der Waals surface area contributed by atoms with Crippen LogP contribution in [0, 0.1) is 0 Å². The predicted octanol–water partition coefficient (Wildman–Crippen LogP) is 1.25. The molecule has 0 radical (unpaired) electrons. The zero-order valence-corrected chi connectivity index (χ0v) is 12.4. The number of aryl methyl sites for hydroxylation is 2. The van der Waals surface area contributed by atoms with Gasteiger partial charge in [0.2, 0.25) is 6.33 Å². The number of unbranched alkanes of at least 4 members (excludes halogenated alkanes) is 2. The normalized spacial score (nSPS) is 10.9. The molecule has 0 N–H and O–H groups in total. The minimum atomic E-state index is -3.90. The van der Waals surface area contributed by atoms with Crippen molar-refractivity contribution >= 4 is 7.82 Å². The Morgan fingerprint density at radius 1 is 1.33 bits per heavy atom. The molecule has 0 aromatic carbocycles. The van der Waals surface area contributed by atoms with Crippen LogP contribution >= 0.6 is 7.82 Å². The number of phosphoric ester groups is 1. The molecule has 1 rings (SSSR count). The Bertz CT molecular complexity index is 360. The standard InChI is InChI=1S/C9H17N2.C2H7O4P/c1-3-4-5-6-11-8-7-10(2)9-11;1-5-7(3,4)6-2/h7-9H,3-6H2,1-2H3;1-2H3,(H,3,4)/q+1;/p-1. The molecule has 18 heavy (non-hydrogen) atoms. The monoisotopic (exact) mass is 278 g/mol. The van der Waals surface area contributed by atoms with Gasteiger partial charge in [0.05, 0.1) is 13.6 Å². The summed E-state index contributed by atoms with van der Waals surface area (Å²) in [5.41, 5.74) is 0. The molecule has 1 aromatic heterocycles. The van der Waals surface area contributed by atoms with Gasteiger partial charge in [0.1, 0.15) is 12.4 Å². The topological polar surface area (TPSA) is 67.4 Å². The summed E-state index contributed by atoms with van der Waals surface area (Å²) in [5.74, 6) is 0. The Labute approximate surface area is 109 Å². The second-order valence-corrected chi connectivity index (χ2v) is 5.46. The Kier molecular flexibility index (Phi) is 8.93. The molecule has 7 heteroatoms. The van der Waals surface area contributed by atoms with E-state index < -0.39 is 7.82 Å². The summed E-state index contributed by atoms with van der Waals surface area (Å²) in [7, 11) is 0.226. The SMILES string of the molecule is CCCCCn1cc[n+](C)c1.COP(=O)([O-])OC. The molecule has 0 aliphatic rings. The van der Waals surface area contributed by atoms with Crippen LogP contribution in [0.5, 0.6) is 0 Å². The van der Waals surface area contributed by atoms with Crippen LogP contribution in [-0.4, -0.2) is 18.8 Å². The van der Waals surface area contributed by atoms with Gasteiger partial charge in [-0.3, -0.25) is 4.57 Å². The minimum Gasteiger partial charge on any atom is -0.756 e. The van der Waals surface area contributed by atoms with E-state index in [0.717, 1.165) is 20.8 Å². The van der Waals surface area contributed by atoms with Crippen molar-refractivity contribution < 1.29 is 23.1 Å². The second kappa shape index (κ2) is 9.28. The predicted molar refractivity (Wildman–Crippen MR) is 66.8 cm³/mol. The summed E-state index contributed by atoms with van der Waals surface area (Å²) in [6.45, 7) is 3.39. The van der Waals surface area contributed by atoms with Crippen LogP contribution in [0.2, 0.25) is 0 Å². The first-order valence-corrected chi connectivity index (χ1v) is 7.34. The quantitative estimate of drug-likeness (QED) is 0.446. The minimum absolute atomic E-state index is 1.04. The van der Waals surface area contributed by atoms with Crippen molar-refractivity contribution in [2.24, 2.45) is 7.05 Å². The first-order valence-electron chi connectivity index (χ1n) is 5.88. The summed E-state index contributed by atoms with van der Waals surface area (Å²) in [5, 5.41) is 0. The maximum atomic E-state index is 9.95. The highest BCUT2D eigenvalue weighted by molar-refractivity contribution is 7.45. The molecule has 0 atom stereocenters. The highest BCUT2D eigenvalue weighted by Crippen LogP contribution is 2.34. The van der Waals surface area contributed by atoms with Gasteiger partial charge in [-0.25, -0.2) is 9.13 Å². The van der Waals surface area contributed by atoms with Crippen LogP contribution in [-0.2, 0) is 27.2 Å². The summed E-state index contributed by atoms with van der Waals surface area (Å²) >= 11 is 0. The average molecular weight is 278 g/mol. The fourth-order valence-electron chi connectivity index (χ4n) is 1.25. The fourth-order valence-corrected chi connectivity index (χ4v) is 1.40. The van der Waals surface area contributed by atoms with Crippen LogP contribution in [0.1, 0.15) is 26.2 Å². The lowest BCUT2D eigenvalue weighted by Gasteiger charge is -2.16. The number of rotatable bonds is 6. The fraction of sp³-hybridized carbons (Fsp3) is 0.727. The zero-order valence-electron chi connectivity index (χ0n) is 11.5. The van der Waals surface area contributed by atoms with Crippen LogP contribution in [0.3, 0.4) is 0 Å². The number of aromatic nitrogens is 2. The van der Waals surface area contributed by atoms with Gasteiger partial charge >= 0.3 is 0 Å². The Morgan fingerprint density at radius 2 is 1.94 bits per heavy atom. The molecule has 0 aliphatic heterocycles. The summed E-state index contributed by atoms with van der Waals surface area (Å²) in [6.07, 6.45) is 10.2. The van der Waals surface area contributed by atoms with Gasteiger partial charge in [0.25, 0.3) is 7.82 Å². The van der Waals surface area contributed by atoms with Gasteiger partial charge in [-0.1, -0.05) is 13.3 Å². The van der Waals surface area contributed by atoms with Gasteiger partial charge in [0, 0.05) is 14.2 Å². The highest BCUT2D eigenvalue weighted by atomic mass is 31.2. The maximum absolute atomic E-state index is 9.95. The van der Waals surface area contributed by atoms with E-state index in [1.807, 2.05) is 0 Å². The average Bonchev–Trinajstić information content (AvgIpc) is 2.76. The maximum Gasteiger partial charge on any atom is 0.267 e. The lowest BCUT2D eigenvalue weighted by molar-refractivity contribution is -0.671. The molecule has 0 amide bonds. The summed E-state index contributed by atoms with van der Waals surface area (Å²) in [4.78, 5) is 9.95. The first-order chi connectivity index (χ1) is 8.45. The van der Waals surface area contributed by atoms with E-state index >= 15 is 0 Å². The number of hydrogen-bond acceptors (Lipinski definition) is 4. The molecule has 0 fully saturated rings. The first kappa shape index (κ1) is 17.3. The number of imidazole rings is 1. The Balaban J connectivity index is 0.000000360. The van der Waals surface area contributed by atoms with Crippen LogP contribution in [0.4, 0.5) is 0 Å². The van der Waals surface area contributed by atoms with Crippen molar-refractivity contribution in [3.05, 3.63) is 18.7 Å². The third-order valence-electron chi connectivity index (χ3n) is 2.29. The lowest BCUT2D eigenvalue weighted by atomic mass is 10.2. The second-order valence-electron chi connectivity index (χ2n) is 3.84. The molecule has 1 aromatic rings. The summed E-state index contributed by atoms with van der Waals surface area (Å²) < 4.78 is 22.0. The van der Waals surface area contributed by atoms with Gasteiger partial charge in [-0.2, -0.15) is 0 Å². The number of hydrogen-bond donors (Lipinski definition) is 0. The largest absolute Gasteiger partial charge is 0.756 e. The molecule has 1 heterocycles. The van der Waals surface area contributed by atoms with Gasteiger partial charge < -0.3 is 13.9 Å². The van der Waals surface area contributed by atoms with Crippen molar-refractivity contribution in [3.8, 4) is 0 Å². The molecule has 106 valence electrons. The van der Waals surface area contributed by atoms with E-state index in [9.17, 15) is 9.46 Å². The molecular weight excluding hydrogens is 255 g/mol. The van der Waals surface area contributed by atoms with E-state index in [1.54, 1.807) is 0 Å². The van der Waals surface area contributed by atoms with Crippen molar-refractivity contribution in [1.82, 2.24) is 4.57 Å². The summed E-state index contributed by atoms with van der Waals surface area (Å²) in [6, 6.07) is 0. The van der Waals surface area contributed by atoms with Gasteiger partial charge in [-0.05, 0) is 12.8 Å². The van der Waals surface area contributed by atoms with Crippen molar-refractivity contribution in [2.75, 3.05) is 14.2 Å². The number of phosphoric acid groups is 1. The van der Waals surface area contributed by atoms with E-state index in [2.05, 4.69) is 50.9 Å². The zero-order chi connectivity index (χ0) is 14.0. The van der Waals surface area contributed by atoms with Crippen LogP contribution < -0.4 is 9.46 Å². The molecule has 0 saturated carbocycles. The molecular formula is C11H23N2O4P. The van der Waals surface area contributed by atoms with E-state index in [4.69, 9.17) is 0 Å². The molecule has 0 aliphatic carbocycles. The van der Waals surface area contributed by atoms with E-state index in [1.165, 1.54) is 19.3 Å². The van der Waals surface area contributed by atoms with E-state index in [-0.39, 0.29) is 0 Å². The molecule has 0 unspecified atom stereocenters. The molecule has 6 nitrogen and oxygen atoms in total. The van der Waals surface area contributed by atoms with Crippen molar-refractivity contribution in [2.45, 2.75) is 32.7 Å². The van der Waals surface area contributed by atoms with Crippen LogP contribution in [0.25, 0.3) is 0 Å². The number of nitrogens with zero attached hydrogens (tertiary/aromatic N) is 2. The molecule has 0 bridgehead atoms. The van der Waals surface area contributed by atoms with Gasteiger partial charge in [0.15, 0.2) is 0 Å². The lowest BCUT2D eigenvalue weighted by Crippen LogP contribution is -2.23. The Morgan fingerprint density at radius 3 is 2.28 bits per heavy atom. The van der Waals surface area contributed by atoms with E-state index in [0.29, 0.717) is 0 Å². The highest BCUT2D eigenvalue weighted by Gasteiger charge is 1.98. The van der Waals surface area contributed by atoms with Crippen molar-refractivity contribution in [3.63, 3.8) is 0 Å². The van der Waals surface area contributed by atoms with Gasteiger partial charge in [-0.15, -0.1) is 0 Å². The molecule has 0 spiro atoms. The smallest absolute Gasteiger partial charge is 0.267 e. The third kappa shape index (κ3) is 8.42. The Hall–Kier alpha value is -0.680. The third-order valence-corrected chi connectivity index (χ3v) is 3.19.